The van der Waals surface area contributed by atoms with E-state index in [4.69, 9.17) is 10.8 Å². The first-order valence-electron chi connectivity index (χ1n) is 6.05. The van der Waals surface area contributed by atoms with E-state index >= 15 is 0 Å². The van der Waals surface area contributed by atoms with Crippen molar-refractivity contribution in [2.45, 2.75) is 4.90 Å². The highest BCUT2D eigenvalue weighted by atomic mass is 32.2. The average molecular weight is 320 g/mol. The maximum atomic E-state index is 12.2. The third-order valence-electron chi connectivity index (χ3n) is 2.83. The van der Waals surface area contributed by atoms with Gasteiger partial charge in [0.15, 0.2) is 0 Å². The number of benzene rings is 2. The van der Waals surface area contributed by atoms with E-state index in [0.717, 1.165) is 0 Å². The van der Waals surface area contributed by atoms with Crippen molar-refractivity contribution in [1.82, 2.24) is 0 Å². The Morgan fingerprint density at radius 2 is 1.41 bits per heavy atom. The number of amides is 1. The van der Waals surface area contributed by atoms with Gasteiger partial charge in [-0.3, -0.25) is 9.52 Å². The molecule has 0 unspecified atom stereocenters. The van der Waals surface area contributed by atoms with Gasteiger partial charge in [-0.25, -0.2) is 13.2 Å². The molecule has 22 heavy (non-hydrogen) atoms. The van der Waals surface area contributed by atoms with Gasteiger partial charge < -0.3 is 10.8 Å². The molecular weight excluding hydrogens is 308 g/mol. The van der Waals surface area contributed by atoms with Crippen LogP contribution in [0.2, 0.25) is 0 Å². The number of rotatable bonds is 5. The van der Waals surface area contributed by atoms with E-state index in [1.54, 1.807) is 0 Å². The first-order chi connectivity index (χ1) is 10.3. The lowest BCUT2D eigenvalue weighted by atomic mass is 10.2. The van der Waals surface area contributed by atoms with Crippen LogP contribution in [0.5, 0.6) is 0 Å². The molecule has 0 saturated heterocycles. The first kappa shape index (κ1) is 15.5. The van der Waals surface area contributed by atoms with Crippen LogP contribution in [-0.2, 0) is 10.0 Å². The molecule has 7 nitrogen and oxygen atoms in total. The van der Waals surface area contributed by atoms with Crippen molar-refractivity contribution in [3.8, 4) is 0 Å². The predicted octanol–water partition coefficient (Wildman–Crippen LogP) is 1.28. The normalized spacial score (nSPS) is 10.9. The average Bonchev–Trinajstić information content (AvgIpc) is 2.47. The van der Waals surface area contributed by atoms with Crippen LogP contribution in [0.25, 0.3) is 0 Å². The van der Waals surface area contributed by atoms with Crippen molar-refractivity contribution in [2.24, 2.45) is 5.73 Å². The lowest BCUT2D eigenvalue weighted by molar-refractivity contribution is 0.0696. The fourth-order valence-electron chi connectivity index (χ4n) is 1.69. The molecule has 4 N–H and O–H groups in total. The molecule has 1 amide bonds. The van der Waals surface area contributed by atoms with Crippen LogP contribution in [0.3, 0.4) is 0 Å². The highest BCUT2D eigenvalue weighted by Gasteiger charge is 2.15. The molecule has 0 saturated carbocycles. The molecule has 2 aromatic rings. The Morgan fingerprint density at radius 3 is 1.86 bits per heavy atom. The number of aromatic carboxylic acids is 1. The van der Waals surface area contributed by atoms with Crippen LogP contribution in [0.1, 0.15) is 20.7 Å². The van der Waals surface area contributed by atoms with Crippen molar-refractivity contribution in [3.05, 3.63) is 59.7 Å². The number of carboxylic acid groups (broad SMARTS) is 1. The van der Waals surface area contributed by atoms with Crippen LogP contribution in [0.15, 0.2) is 53.4 Å². The monoisotopic (exact) mass is 320 g/mol. The summed E-state index contributed by atoms with van der Waals surface area (Å²) in [6, 6.07) is 10.4. The lowest BCUT2D eigenvalue weighted by Crippen LogP contribution is -2.14. The van der Waals surface area contributed by atoms with Crippen molar-refractivity contribution >= 4 is 27.6 Å². The number of hydrogen-bond donors (Lipinski definition) is 3. The number of nitrogens with one attached hydrogen (secondary N) is 1. The SMILES string of the molecule is NC(=O)c1ccc(NS(=O)(=O)c2ccc(C(=O)O)cc2)cc1. The number of carbonyl (C=O) groups excluding carboxylic acids is 1. The molecule has 0 aliphatic rings. The van der Waals surface area contributed by atoms with Crippen LogP contribution < -0.4 is 10.5 Å². The summed E-state index contributed by atoms with van der Waals surface area (Å²) < 4.78 is 26.6. The fourth-order valence-corrected chi connectivity index (χ4v) is 2.75. The van der Waals surface area contributed by atoms with Crippen LogP contribution in [-0.4, -0.2) is 25.4 Å². The van der Waals surface area contributed by atoms with E-state index in [9.17, 15) is 18.0 Å². The van der Waals surface area contributed by atoms with Crippen molar-refractivity contribution in [2.75, 3.05) is 4.72 Å². The zero-order valence-corrected chi connectivity index (χ0v) is 12.0. The minimum atomic E-state index is -3.85. The molecular formula is C14H12N2O5S. The molecule has 8 heteroatoms. The summed E-state index contributed by atoms with van der Waals surface area (Å²) in [4.78, 5) is 21.6. The molecule has 0 aromatic heterocycles. The quantitative estimate of drug-likeness (QED) is 0.765. The lowest BCUT2D eigenvalue weighted by Gasteiger charge is -2.08. The van der Waals surface area contributed by atoms with Crippen LogP contribution in [0, 0.1) is 0 Å². The number of nitrogens with two attached hydrogens (primary N) is 1. The summed E-state index contributed by atoms with van der Waals surface area (Å²) in [5.41, 5.74) is 5.60. The van der Waals surface area contributed by atoms with E-state index in [2.05, 4.69) is 4.72 Å². The summed E-state index contributed by atoms with van der Waals surface area (Å²) in [7, 11) is -3.85. The van der Waals surface area contributed by atoms with Gasteiger partial charge in [0, 0.05) is 11.3 Å². The van der Waals surface area contributed by atoms with Crippen LogP contribution in [0.4, 0.5) is 5.69 Å². The third kappa shape index (κ3) is 3.41. The summed E-state index contributed by atoms with van der Waals surface area (Å²) in [5.74, 6) is -1.75. The Labute approximate surface area is 126 Å². The minimum absolute atomic E-state index is 0.00948. The Morgan fingerprint density at radius 1 is 0.909 bits per heavy atom. The third-order valence-corrected chi connectivity index (χ3v) is 4.23. The molecule has 0 aliphatic carbocycles. The van der Waals surface area contributed by atoms with E-state index in [0.29, 0.717) is 0 Å². The molecule has 0 aliphatic heterocycles. The number of primary amides is 1. The number of carboxylic acids is 1. The molecule has 0 heterocycles. The van der Waals surface area contributed by atoms with Crippen molar-refractivity contribution < 1.29 is 23.1 Å². The molecule has 0 fully saturated rings. The van der Waals surface area contributed by atoms with Crippen molar-refractivity contribution in [3.63, 3.8) is 0 Å². The number of anilines is 1. The van der Waals surface area contributed by atoms with E-state index in [-0.39, 0.29) is 21.7 Å². The maximum absolute atomic E-state index is 12.2. The highest BCUT2D eigenvalue weighted by molar-refractivity contribution is 7.92. The number of hydrogen-bond acceptors (Lipinski definition) is 4. The van der Waals surface area contributed by atoms with E-state index in [1.807, 2.05) is 0 Å². The molecule has 0 bridgehead atoms. The second-order valence-electron chi connectivity index (χ2n) is 4.38. The number of sulfonamides is 1. The summed E-state index contributed by atoms with van der Waals surface area (Å²) in [6.45, 7) is 0. The second kappa shape index (κ2) is 5.86. The number of carbonyl (C=O) groups is 2. The van der Waals surface area contributed by atoms with Gasteiger partial charge in [-0.05, 0) is 48.5 Å². The standard InChI is InChI=1S/C14H12N2O5S/c15-13(17)9-1-5-11(6-2-9)16-22(20,21)12-7-3-10(4-8-12)14(18)19/h1-8,16H,(H2,15,17)(H,18,19). The molecule has 2 rings (SSSR count). The highest BCUT2D eigenvalue weighted by Crippen LogP contribution is 2.17. The second-order valence-corrected chi connectivity index (χ2v) is 6.06. The molecule has 114 valence electrons. The zero-order valence-electron chi connectivity index (χ0n) is 11.2. The Bertz CT molecular complexity index is 811. The minimum Gasteiger partial charge on any atom is -0.478 e. The molecule has 2 aromatic carbocycles. The van der Waals surface area contributed by atoms with E-state index < -0.39 is 21.9 Å². The van der Waals surface area contributed by atoms with Gasteiger partial charge in [0.2, 0.25) is 5.91 Å². The van der Waals surface area contributed by atoms with Gasteiger partial charge in [0.1, 0.15) is 0 Å². The Balaban J connectivity index is 2.23. The topological polar surface area (TPSA) is 127 Å². The van der Waals surface area contributed by atoms with E-state index in [1.165, 1.54) is 48.5 Å². The zero-order chi connectivity index (χ0) is 16.3. The maximum Gasteiger partial charge on any atom is 0.335 e. The summed E-state index contributed by atoms with van der Waals surface area (Å²) >= 11 is 0. The van der Waals surface area contributed by atoms with Crippen LogP contribution >= 0.6 is 0 Å². The van der Waals surface area contributed by atoms with Gasteiger partial charge in [-0.2, -0.15) is 0 Å². The predicted molar refractivity (Wildman–Crippen MR) is 79.2 cm³/mol. The Kier molecular flexibility index (Phi) is 4.13. The molecule has 0 radical (unpaired) electrons. The van der Waals surface area contributed by atoms with Gasteiger partial charge in [-0.1, -0.05) is 0 Å². The largest absolute Gasteiger partial charge is 0.478 e. The van der Waals surface area contributed by atoms with Gasteiger partial charge >= 0.3 is 5.97 Å². The van der Waals surface area contributed by atoms with Gasteiger partial charge in [-0.15, -0.1) is 0 Å². The van der Waals surface area contributed by atoms with Gasteiger partial charge in [0.25, 0.3) is 10.0 Å². The summed E-state index contributed by atoms with van der Waals surface area (Å²) in [6.07, 6.45) is 0. The smallest absolute Gasteiger partial charge is 0.335 e. The fraction of sp³-hybridized carbons (Fsp3) is 0. The Hall–Kier alpha value is -2.87. The van der Waals surface area contributed by atoms with Crippen molar-refractivity contribution in [1.29, 1.82) is 0 Å². The molecule has 0 atom stereocenters. The van der Waals surface area contributed by atoms with Gasteiger partial charge in [0.05, 0.1) is 10.5 Å². The molecule has 0 spiro atoms. The first-order valence-corrected chi connectivity index (χ1v) is 7.54. The summed E-state index contributed by atoms with van der Waals surface area (Å²) in [5, 5.41) is 8.78.